The minimum Gasteiger partial charge on any atom is -0.321 e. The van der Waals surface area contributed by atoms with Gasteiger partial charge in [0.05, 0.1) is 5.70 Å². The van der Waals surface area contributed by atoms with Gasteiger partial charge in [-0.25, -0.2) is 0 Å². The second-order valence-electron chi connectivity index (χ2n) is 2.30. The Kier molecular flexibility index (Phi) is 1.01. The highest BCUT2D eigenvalue weighted by Crippen LogP contribution is 2.19. The highest BCUT2D eigenvalue weighted by Gasteiger charge is 2.18. The Balaban J connectivity index is 2.39. The molecule has 0 aliphatic carbocycles. The van der Waals surface area contributed by atoms with E-state index in [1.807, 2.05) is 23.3 Å². The van der Waals surface area contributed by atoms with E-state index in [4.69, 9.17) is 0 Å². The summed E-state index contributed by atoms with van der Waals surface area (Å²) in [7, 11) is 0. The molecule has 0 atom stereocenters. The molecule has 0 spiro atoms. The molecule has 0 N–H and O–H groups in total. The number of hydrogen-bond donors (Lipinski definition) is 0. The van der Waals surface area contributed by atoms with E-state index in [9.17, 15) is 4.79 Å². The van der Waals surface area contributed by atoms with Gasteiger partial charge in [-0.15, -0.1) is 0 Å². The van der Waals surface area contributed by atoms with Gasteiger partial charge in [0.25, 0.3) is 0 Å². The maximum atomic E-state index is 11.0. The zero-order valence-corrected chi connectivity index (χ0v) is 5.45. The third kappa shape index (κ3) is 0.620. The standard InChI is InChI=1S/C8H7NO/c10-8-4-6-9-5-2-1-3-7(8)9/h2-6H,1H2. The molecule has 0 unspecified atom stereocenters. The molecule has 0 aromatic carbocycles. The van der Waals surface area contributed by atoms with Gasteiger partial charge in [0.15, 0.2) is 0 Å². The first kappa shape index (κ1) is 5.47. The molecule has 10 heavy (non-hydrogen) atoms. The van der Waals surface area contributed by atoms with Crippen LogP contribution in [0.15, 0.2) is 36.3 Å². The van der Waals surface area contributed by atoms with Crippen LogP contribution in [0.4, 0.5) is 0 Å². The summed E-state index contributed by atoms with van der Waals surface area (Å²) in [6.45, 7) is 0. The van der Waals surface area contributed by atoms with Crippen LogP contribution in [-0.4, -0.2) is 10.7 Å². The maximum Gasteiger partial charge on any atom is 0.203 e. The normalized spacial score (nSPS) is 21.4. The van der Waals surface area contributed by atoms with E-state index < -0.39 is 0 Å². The summed E-state index contributed by atoms with van der Waals surface area (Å²) in [6, 6.07) is 0. The van der Waals surface area contributed by atoms with Crippen LogP contribution in [0, 0.1) is 0 Å². The molecule has 2 aliphatic heterocycles. The molecule has 0 aromatic heterocycles. The van der Waals surface area contributed by atoms with E-state index in [1.165, 1.54) is 0 Å². The number of fused-ring (bicyclic) bond motifs is 1. The summed E-state index contributed by atoms with van der Waals surface area (Å²) < 4.78 is 0. The Bertz CT molecular complexity index is 260. The van der Waals surface area contributed by atoms with Crippen molar-refractivity contribution in [2.75, 3.05) is 0 Å². The molecule has 0 saturated carbocycles. The van der Waals surface area contributed by atoms with Crippen molar-refractivity contribution in [2.45, 2.75) is 6.42 Å². The zero-order chi connectivity index (χ0) is 6.97. The number of ketones is 1. The van der Waals surface area contributed by atoms with Crippen LogP contribution in [0.3, 0.4) is 0 Å². The summed E-state index contributed by atoms with van der Waals surface area (Å²) >= 11 is 0. The van der Waals surface area contributed by atoms with Gasteiger partial charge in [-0.05, 0) is 6.42 Å². The summed E-state index contributed by atoms with van der Waals surface area (Å²) in [6.07, 6.45) is 10.1. The Labute approximate surface area is 59.1 Å². The number of nitrogens with zero attached hydrogens (tertiary/aromatic N) is 1. The first-order valence-electron chi connectivity index (χ1n) is 3.25. The lowest BCUT2D eigenvalue weighted by Gasteiger charge is -2.14. The number of rotatable bonds is 0. The van der Waals surface area contributed by atoms with Crippen LogP contribution in [0.25, 0.3) is 0 Å². The number of carbonyl (C=O) groups excluding carboxylic acids is 1. The average molecular weight is 133 g/mol. The van der Waals surface area contributed by atoms with Crippen LogP contribution in [0.1, 0.15) is 6.42 Å². The molecule has 0 saturated heterocycles. The van der Waals surface area contributed by atoms with Crippen LogP contribution >= 0.6 is 0 Å². The van der Waals surface area contributed by atoms with E-state index in [-0.39, 0.29) is 5.78 Å². The van der Waals surface area contributed by atoms with Crippen LogP contribution in [-0.2, 0) is 4.79 Å². The molecule has 0 amide bonds. The summed E-state index contributed by atoms with van der Waals surface area (Å²) in [5.41, 5.74) is 0.794. The second-order valence-corrected chi connectivity index (χ2v) is 2.30. The van der Waals surface area contributed by atoms with E-state index >= 15 is 0 Å². The van der Waals surface area contributed by atoms with Crippen molar-refractivity contribution in [3.63, 3.8) is 0 Å². The molecule has 2 heterocycles. The van der Waals surface area contributed by atoms with E-state index in [0.29, 0.717) is 0 Å². The van der Waals surface area contributed by atoms with Gasteiger partial charge >= 0.3 is 0 Å². The number of hydrogen-bond acceptors (Lipinski definition) is 2. The van der Waals surface area contributed by atoms with E-state index in [1.54, 1.807) is 12.3 Å². The van der Waals surface area contributed by atoms with Crippen molar-refractivity contribution in [2.24, 2.45) is 0 Å². The molecule has 0 fully saturated rings. The predicted molar refractivity (Wildman–Crippen MR) is 37.8 cm³/mol. The first-order valence-corrected chi connectivity index (χ1v) is 3.25. The predicted octanol–water partition coefficient (Wildman–Crippen LogP) is 1.19. The van der Waals surface area contributed by atoms with Gasteiger partial charge in [-0.2, -0.15) is 0 Å². The minimum atomic E-state index is 0.115. The van der Waals surface area contributed by atoms with Crippen molar-refractivity contribution >= 4 is 5.78 Å². The summed E-state index contributed by atoms with van der Waals surface area (Å²) in [4.78, 5) is 12.8. The molecule has 0 radical (unpaired) electrons. The van der Waals surface area contributed by atoms with Crippen LogP contribution < -0.4 is 0 Å². The zero-order valence-electron chi connectivity index (χ0n) is 5.45. The highest BCUT2D eigenvalue weighted by atomic mass is 16.1. The Morgan fingerprint density at radius 1 is 1.40 bits per heavy atom. The molecule has 2 heteroatoms. The second kappa shape index (κ2) is 1.84. The van der Waals surface area contributed by atoms with Gasteiger partial charge in [-0.3, -0.25) is 4.79 Å². The fourth-order valence-corrected chi connectivity index (χ4v) is 1.13. The Morgan fingerprint density at radius 2 is 2.30 bits per heavy atom. The van der Waals surface area contributed by atoms with Crippen molar-refractivity contribution in [1.82, 2.24) is 4.90 Å². The maximum absolute atomic E-state index is 11.0. The molecule has 2 nitrogen and oxygen atoms in total. The van der Waals surface area contributed by atoms with Gasteiger partial charge in [0.1, 0.15) is 0 Å². The number of carbonyl (C=O) groups is 1. The molecule has 2 aliphatic rings. The van der Waals surface area contributed by atoms with Crippen molar-refractivity contribution in [3.05, 3.63) is 36.3 Å². The highest BCUT2D eigenvalue weighted by molar-refractivity contribution is 6.06. The summed E-state index contributed by atoms with van der Waals surface area (Å²) in [5.74, 6) is 0.115. The van der Waals surface area contributed by atoms with E-state index in [0.717, 1.165) is 12.1 Å². The van der Waals surface area contributed by atoms with Gasteiger partial charge < -0.3 is 4.90 Å². The largest absolute Gasteiger partial charge is 0.321 e. The Morgan fingerprint density at radius 3 is 3.10 bits per heavy atom. The smallest absolute Gasteiger partial charge is 0.203 e. The lowest BCUT2D eigenvalue weighted by molar-refractivity contribution is -0.111. The molecule has 50 valence electrons. The third-order valence-corrected chi connectivity index (χ3v) is 1.63. The Hall–Kier alpha value is -1.31. The van der Waals surface area contributed by atoms with Crippen molar-refractivity contribution in [1.29, 1.82) is 0 Å². The molecule has 2 rings (SSSR count). The monoisotopic (exact) mass is 133 g/mol. The van der Waals surface area contributed by atoms with Crippen molar-refractivity contribution < 1.29 is 4.79 Å². The molecule has 0 aromatic rings. The lowest BCUT2D eigenvalue weighted by Crippen LogP contribution is -2.11. The number of allylic oxidation sites excluding steroid dienone is 3. The first-order chi connectivity index (χ1) is 4.88. The fraction of sp³-hybridized carbons (Fsp3) is 0.125. The fourth-order valence-electron chi connectivity index (χ4n) is 1.13. The van der Waals surface area contributed by atoms with Crippen LogP contribution in [0.2, 0.25) is 0 Å². The van der Waals surface area contributed by atoms with Gasteiger partial charge in [0.2, 0.25) is 5.78 Å². The van der Waals surface area contributed by atoms with Gasteiger partial charge in [-0.1, -0.05) is 12.2 Å². The summed E-state index contributed by atoms with van der Waals surface area (Å²) in [5, 5.41) is 0. The molecular weight excluding hydrogens is 126 g/mol. The minimum absolute atomic E-state index is 0.115. The quantitative estimate of drug-likeness (QED) is 0.494. The molecular formula is C8H7NO. The van der Waals surface area contributed by atoms with E-state index in [2.05, 4.69) is 0 Å². The average Bonchev–Trinajstić information content (AvgIpc) is 2.34. The third-order valence-electron chi connectivity index (χ3n) is 1.63. The molecule has 0 bridgehead atoms. The SMILES string of the molecule is O=C1C=CN2C=CCC=C12. The van der Waals surface area contributed by atoms with Crippen molar-refractivity contribution in [3.8, 4) is 0 Å². The van der Waals surface area contributed by atoms with Gasteiger partial charge in [0, 0.05) is 18.5 Å². The topological polar surface area (TPSA) is 20.3 Å². The van der Waals surface area contributed by atoms with Crippen LogP contribution in [0.5, 0.6) is 0 Å². The lowest BCUT2D eigenvalue weighted by atomic mass is 10.2.